The lowest BCUT2D eigenvalue weighted by Gasteiger charge is -2.16. The maximum Gasteiger partial charge on any atom is 0.0389 e. The summed E-state index contributed by atoms with van der Waals surface area (Å²) in [6, 6.07) is 6.27. The first-order chi connectivity index (χ1) is 6.31. The van der Waals surface area contributed by atoms with E-state index in [9.17, 15) is 0 Å². The molecular formula is C12H13N. The highest BCUT2D eigenvalue weighted by Gasteiger charge is 2.13. The topological polar surface area (TPSA) is 23.9 Å². The highest BCUT2D eigenvalue weighted by Crippen LogP contribution is 2.22. The minimum atomic E-state index is 0.782. The van der Waals surface area contributed by atoms with Gasteiger partial charge in [0.1, 0.15) is 0 Å². The number of nitrogens with one attached hydrogen (secondary N) is 1. The summed E-state index contributed by atoms with van der Waals surface area (Å²) in [6.45, 7) is 3.73. The molecule has 0 spiro atoms. The Labute approximate surface area is 78.6 Å². The van der Waals surface area contributed by atoms with Crippen LogP contribution in [0, 0.1) is 5.41 Å². The van der Waals surface area contributed by atoms with Crippen LogP contribution in [0.25, 0.3) is 6.08 Å². The zero-order valence-corrected chi connectivity index (χ0v) is 7.64. The van der Waals surface area contributed by atoms with Crippen molar-refractivity contribution in [2.75, 3.05) is 0 Å². The van der Waals surface area contributed by atoms with Crippen molar-refractivity contribution >= 4 is 11.8 Å². The van der Waals surface area contributed by atoms with Crippen molar-refractivity contribution in [2.24, 2.45) is 0 Å². The van der Waals surface area contributed by atoms with Gasteiger partial charge in [-0.15, -0.1) is 0 Å². The van der Waals surface area contributed by atoms with E-state index < -0.39 is 0 Å². The molecule has 0 radical (unpaired) electrons. The summed E-state index contributed by atoms with van der Waals surface area (Å²) in [7, 11) is 0. The molecular weight excluding hydrogens is 158 g/mol. The van der Waals surface area contributed by atoms with E-state index in [-0.39, 0.29) is 0 Å². The Morgan fingerprint density at radius 1 is 1.31 bits per heavy atom. The van der Waals surface area contributed by atoms with Gasteiger partial charge in [0.2, 0.25) is 0 Å². The van der Waals surface area contributed by atoms with Crippen LogP contribution < -0.4 is 0 Å². The zero-order valence-electron chi connectivity index (χ0n) is 7.64. The largest absolute Gasteiger partial charge is 0.305 e. The molecule has 0 amide bonds. The molecule has 0 heterocycles. The fourth-order valence-corrected chi connectivity index (χ4v) is 1.81. The summed E-state index contributed by atoms with van der Waals surface area (Å²) < 4.78 is 0. The Bertz CT molecular complexity index is 363. The van der Waals surface area contributed by atoms with Gasteiger partial charge in [-0.2, -0.15) is 0 Å². The van der Waals surface area contributed by atoms with Crippen molar-refractivity contribution in [3.05, 3.63) is 41.5 Å². The van der Waals surface area contributed by atoms with Crippen LogP contribution >= 0.6 is 0 Å². The normalized spacial score (nSPS) is 15.2. The smallest absolute Gasteiger partial charge is 0.0389 e. The molecule has 13 heavy (non-hydrogen) atoms. The molecule has 0 saturated heterocycles. The van der Waals surface area contributed by atoms with E-state index in [4.69, 9.17) is 5.41 Å². The average molecular weight is 171 g/mol. The first kappa shape index (κ1) is 8.24. The lowest BCUT2D eigenvalue weighted by Crippen LogP contribution is -2.10. The minimum Gasteiger partial charge on any atom is -0.305 e. The predicted molar refractivity (Wildman–Crippen MR) is 56.3 cm³/mol. The number of rotatable bonds is 1. The van der Waals surface area contributed by atoms with Crippen molar-refractivity contribution in [1.82, 2.24) is 0 Å². The van der Waals surface area contributed by atoms with Gasteiger partial charge in [0.15, 0.2) is 0 Å². The van der Waals surface area contributed by atoms with Gasteiger partial charge in [-0.3, -0.25) is 0 Å². The van der Waals surface area contributed by atoms with Gasteiger partial charge in [0.25, 0.3) is 0 Å². The van der Waals surface area contributed by atoms with Crippen LogP contribution in [0.2, 0.25) is 0 Å². The Balaban J connectivity index is 2.53. The van der Waals surface area contributed by atoms with E-state index in [1.165, 1.54) is 5.56 Å². The van der Waals surface area contributed by atoms with E-state index in [1.807, 2.05) is 6.08 Å². The maximum atomic E-state index is 7.81. The van der Waals surface area contributed by atoms with Crippen molar-refractivity contribution in [3.63, 3.8) is 0 Å². The molecule has 1 heteroatoms. The second-order valence-corrected chi connectivity index (χ2v) is 3.45. The van der Waals surface area contributed by atoms with Crippen LogP contribution in [0.1, 0.15) is 29.5 Å². The van der Waals surface area contributed by atoms with Gasteiger partial charge in [-0.25, -0.2) is 0 Å². The highest BCUT2D eigenvalue weighted by atomic mass is 14.4. The van der Waals surface area contributed by atoms with Crippen molar-refractivity contribution in [1.29, 1.82) is 5.41 Å². The molecule has 1 aliphatic carbocycles. The summed E-state index contributed by atoms with van der Waals surface area (Å²) in [5.41, 5.74) is 4.35. The van der Waals surface area contributed by atoms with Gasteiger partial charge in [0.05, 0.1) is 0 Å². The molecule has 1 nitrogen and oxygen atoms in total. The van der Waals surface area contributed by atoms with E-state index in [0.29, 0.717) is 0 Å². The number of hydrogen-bond donors (Lipinski definition) is 1. The third-order valence-electron chi connectivity index (χ3n) is 2.57. The predicted octanol–water partition coefficient (Wildman–Crippen LogP) is 3.03. The second-order valence-electron chi connectivity index (χ2n) is 3.45. The second kappa shape index (κ2) is 3.17. The van der Waals surface area contributed by atoms with Crippen LogP contribution in [0.15, 0.2) is 24.8 Å². The third kappa shape index (κ3) is 1.42. The van der Waals surface area contributed by atoms with E-state index >= 15 is 0 Å². The molecule has 0 atom stereocenters. The molecule has 66 valence electrons. The zero-order chi connectivity index (χ0) is 9.26. The fraction of sp³-hybridized carbons (Fsp3) is 0.250. The van der Waals surface area contributed by atoms with Gasteiger partial charge >= 0.3 is 0 Å². The average Bonchev–Trinajstić information content (AvgIpc) is 2.18. The summed E-state index contributed by atoms with van der Waals surface area (Å²) in [4.78, 5) is 0. The molecule has 1 aromatic carbocycles. The van der Waals surface area contributed by atoms with Crippen molar-refractivity contribution in [3.8, 4) is 0 Å². The van der Waals surface area contributed by atoms with E-state index in [0.717, 1.165) is 36.1 Å². The Morgan fingerprint density at radius 3 is 2.92 bits per heavy atom. The highest BCUT2D eigenvalue weighted by molar-refractivity contribution is 6.00. The first-order valence-corrected chi connectivity index (χ1v) is 4.64. The Kier molecular flexibility index (Phi) is 2.01. The summed E-state index contributed by atoms with van der Waals surface area (Å²) in [5.74, 6) is 0. The van der Waals surface area contributed by atoms with Crippen molar-refractivity contribution in [2.45, 2.75) is 19.3 Å². The van der Waals surface area contributed by atoms with Gasteiger partial charge in [-0.1, -0.05) is 24.8 Å². The number of benzene rings is 1. The molecule has 0 unspecified atom stereocenters. The molecule has 0 aliphatic heterocycles. The van der Waals surface area contributed by atoms with Crippen LogP contribution in [-0.4, -0.2) is 5.71 Å². The molecule has 1 aliphatic rings. The summed E-state index contributed by atoms with van der Waals surface area (Å²) in [6.07, 6.45) is 5.00. The van der Waals surface area contributed by atoms with Gasteiger partial charge in [0, 0.05) is 5.71 Å². The maximum absolute atomic E-state index is 7.81. The summed E-state index contributed by atoms with van der Waals surface area (Å²) >= 11 is 0. The Hall–Kier alpha value is -1.37. The molecule has 0 saturated carbocycles. The van der Waals surface area contributed by atoms with Crippen LogP contribution in [0.5, 0.6) is 0 Å². The molecule has 0 aromatic heterocycles. The number of fused-ring (bicyclic) bond motifs is 1. The SMILES string of the molecule is C=Cc1ccc2c(c1)C(=N)CCC2. The number of hydrogen-bond acceptors (Lipinski definition) is 1. The molecule has 0 bridgehead atoms. The molecule has 0 fully saturated rings. The van der Waals surface area contributed by atoms with Crippen molar-refractivity contribution < 1.29 is 0 Å². The quantitative estimate of drug-likeness (QED) is 0.671. The molecule has 1 N–H and O–H groups in total. The lowest BCUT2D eigenvalue weighted by molar-refractivity contribution is 0.835. The molecule has 1 aromatic rings. The first-order valence-electron chi connectivity index (χ1n) is 4.64. The monoisotopic (exact) mass is 171 g/mol. The van der Waals surface area contributed by atoms with Crippen LogP contribution in [-0.2, 0) is 6.42 Å². The Morgan fingerprint density at radius 2 is 2.15 bits per heavy atom. The van der Waals surface area contributed by atoms with Gasteiger partial charge < -0.3 is 5.41 Å². The standard InChI is InChI=1S/C12H13N/c1-2-9-6-7-10-4-3-5-12(13)11(10)8-9/h2,6-8,13H,1,3-5H2. The third-order valence-corrected chi connectivity index (χ3v) is 2.57. The van der Waals surface area contributed by atoms with E-state index in [2.05, 4.69) is 24.8 Å². The molecule has 2 rings (SSSR count). The lowest BCUT2D eigenvalue weighted by atomic mass is 9.89. The van der Waals surface area contributed by atoms with Crippen LogP contribution in [0.4, 0.5) is 0 Å². The number of aryl methyl sites for hydroxylation is 1. The van der Waals surface area contributed by atoms with Gasteiger partial charge in [-0.05, 0) is 42.0 Å². The van der Waals surface area contributed by atoms with E-state index in [1.54, 1.807) is 0 Å². The summed E-state index contributed by atoms with van der Waals surface area (Å²) in [5, 5.41) is 7.81. The fourth-order valence-electron chi connectivity index (χ4n) is 1.81. The minimum absolute atomic E-state index is 0.782. The van der Waals surface area contributed by atoms with Crippen LogP contribution in [0.3, 0.4) is 0 Å².